The number of hydrogen-bond acceptors (Lipinski definition) is 4. The number of aryl methyl sites for hydroxylation is 2. The molecule has 3 aromatic rings. The number of rotatable bonds is 4. The smallest absolute Gasteiger partial charge is 0.147 e. The van der Waals surface area contributed by atoms with Gasteiger partial charge in [0.05, 0.1) is 17.9 Å². The molecule has 2 aromatic heterocycles. The number of fused-ring (bicyclic) bond motifs is 1. The molecule has 0 unspecified atom stereocenters. The van der Waals surface area contributed by atoms with Gasteiger partial charge in [-0.05, 0) is 31.5 Å². The normalized spacial score (nSPS) is 17.2. The van der Waals surface area contributed by atoms with Crippen LogP contribution < -0.4 is 5.32 Å². The molecule has 6 heteroatoms. The Labute approximate surface area is 135 Å². The third-order valence-corrected chi connectivity index (χ3v) is 4.20. The van der Waals surface area contributed by atoms with Crippen LogP contribution in [0.3, 0.4) is 0 Å². The van der Waals surface area contributed by atoms with Gasteiger partial charge in [0.15, 0.2) is 0 Å². The van der Waals surface area contributed by atoms with Crippen LogP contribution >= 0.6 is 0 Å². The Morgan fingerprint density at radius 1 is 1.17 bits per heavy atom. The Morgan fingerprint density at radius 2 is 2.04 bits per heavy atom. The van der Waals surface area contributed by atoms with E-state index in [-0.39, 0.29) is 0 Å². The number of nitrogens with zero attached hydrogens (tertiary/aromatic N) is 5. The summed E-state index contributed by atoms with van der Waals surface area (Å²) < 4.78 is 3.94. The molecule has 118 valence electrons. The molecule has 1 atom stereocenters. The van der Waals surface area contributed by atoms with Gasteiger partial charge < -0.3 is 5.32 Å². The third kappa shape index (κ3) is 3.03. The monoisotopic (exact) mass is 308 g/mol. The summed E-state index contributed by atoms with van der Waals surface area (Å²) in [5, 5.41) is 12.7. The van der Waals surface area contributed by atoms with Gasteiger partial charge in [0.1, 0.15) is 11.6 Å². The third-order valence-electron chi connectivity index (χ3n) is 4.20. The summed E-state index contributed by atoms with van der Waals surface area (Å²) in [6.45, 7) is 3.60. The highest BCUT2D eigenvalue weighted by molar-refractivity contribution is 5.30. The van der Waals surface area contributed by atoms with Gasteiger partial charge in [-0.15, -0.1) is 0 Å². The first-order valence-electron chi connectivity index (χ1n) is 8.01. The number of para-hydroxylation sites is 1. The average Bonchev–Trinajstić information content (AvgIpc) is 3.18. The Kier molecular flexibility index (Phi) is 3.67. The lowest BCUT2D eigenvalue weighted by atomic mass is 10.1. The topological polar surface area (TPSA) is 60.6 Å². The van der Waals surface area contributed by atoms with E-state index in [0.717, 1.165) is 49.0 Å². The Hall–Kier alpha value is -2.47. The van der Waals surface area contributed by atoms with Crippen molar-refractivity contribution in [2.45, 2.75) is 38.9 Å². The van der Waals surface area contributed by atoms with Crippen molar-refractivity contribution in [3.63, 3.8) is 0 Å². The van der Waals surface area contributed by atoms with Crippen molar-refractivity contribution in [3.8, 4) is 5.69 Å². The summed E-state index contributed by atoms with van der Waals surface area (Å²) in [6.07, 6.45) is 4.08. The molecule has 0 aliphatic carbocycles. The number of hydrogen-bond donors (Lipinski definition) is 1. The molecule has 0 saturated heterocycles. The zero-order chi connectivity index (χ0) is 15.6. The van der Waals surface area contributed by atoms with Gasteiger partial charge in [-0.3, -0.25) is 0 Å². The van der Waals surface area contributed by atoms with Crippen LogP contribution in [0.4, 0.5) is 0 Å². The first kappa shape index (κ1) is 14.1. The molecule has 0 fully saturated rings. The molecule has 6 nitrogen and oxygen atoms in total. The predicted molar refractivity (Wildman–Crippen MR) is 87.3 cm³/mol. The first-order valence-corrected chi connectivity index (χ1v) is 8.01. The van der Waals surface area contributed by atoms with Crippen LogP contribution in [-0.4, -0.2) is 30.6 Å². The Balaban J connectivity index is 1.38. The standard InChI is InChI=1S/C17H20N6/c1-13-19-17-8-7-15(12-23(17)20-13)18-11-14-9-10-22(21-14)16-5-3-2-4-6-16/h2-6,9-10,15,18H,7-8,11-12H2,1H3/t15-/m1/s1. The van der Waals surface area contributed by atoms with Gasteiger partial charge in [-0.2, -0.15) is 10.2 Å². The zero-order valence-corrected chi connectivity index (χ0v) is 13.2. The number of nitrogens with one attached hydrogen (secondary N) is 1. The van der Waals surface area contributed by atoms with Crippen LogP contribution in [0, 0.1) is 6.92 Å². The van der Waals surface area contributed by atoms with Gasteiger partial charge in [-0.25, -0.2) is 14.3 Å². The van der Waals surface area contributed by atoms with Crippen LogP contribution in [0.25, 0.3) is 5.69 Å². The summed E-state index contributed by atoms with van der Waals surface area (Å²) in [5.41, 5.74) is 2.13. The molecule has 0 saturated carbocycles. The molecule has 0 amide bonds. The minimum absolute atomic E-state index is 0.422. The van der Waals surface area contributed by atoms with Gasteiger partial charge in [-0.1, -0.05) is 18.2 Å². The molecule has 3 heterocycles. The molecule has 0 spiro atoms. The van der Waals surface area contributed by atoms with Gasteiger partial charge in [0, 0.05) is 25.2 Å². The maximum atomic E-state index is 4.63. The fourth-order valence-electron chi connectivity index (χ4n) is 3.03. The zero-order valence-electron chi connectivity index (χ0n) is 13.2. The predicted octanol–water partition coefficient (Wildman–Crippen LogP) is 1.88. The molecule has 1 aliphatic heterocycles. The minimum Gasteiger partial charge on any atom is -0.306 e. The molecule has 23 heavy (non-hydrogen) atoms. The van der Waals surface area contributed by atoms with E-state index >= 15 is 0 Å². The SMILES string of the molecule is Cc1nc2n(n1)C[C@H](NCc1ccn(-c3ccccc3)n1)CC2. The van der Waals surface area contributed by atoms with Crippen molar-refractivity contribution in [2.75, 3.05) is 0 Å². The molecule has 1 N–H and O–H groups in total. The second-order valence-corrected chi connectivity index (χ2v) is 5.96. The largest absolute Gasteiger partial charge is 0.306 e. The maximum absolute atomic E-state index is 4.63. The van der Waals surface area contributed by atoms with Crippen LogP contribution in [0.5, 0.6) is 0 Å². The van der Waals surface area contributed by atoms with E-state index in [1.54, 1.807) is 0 Å². The van der Waals surface area contributed by atoms with E-state index in [4.69, 9.17) is 0 Å². The van der Waals surface area contributed by atoms with E-state index in [1.807, 2.05) is 40.7 Å². The lowest BCUT2D eigenvalue weighted by Gasteiger charge is -2.23. The summed E-state index contributed by atoms with van der Waals surface area (Å²) in [6, 6.07) is 12.7. The van der Waals surface area contributed by atoms with Crippen LogP contribution in [0.15, 0.2) is 42.6 Å². The first-order chi connectivity index (χ1) is 11.3. The van der Waals surface area contributed by atoms with Crippen molar-refractivity contribution in [1.82, 2.24) is 29.9 Å². The summed E-state index contributed by atoms with van der Waals surface area (Å²) in [4.78, 5) is 4.45. The molecule has 4 rings (SSSR count). The molecule has 1 aliphatic rings. The fourth-order valence-corrected chi connectivity index (χ4v) is 3.03. The van der Waals surface area contributed by atoms with Crippen LogP contribution in [0.1, 0.15) is 23.8 Å². The van der Waals surface area contributed by atoms with Crippen LogP contribution in [0.2, 0.25) is 0 Å². The van der Waals surface area contributed by atoms with E-state index in [9.17, 15) is 0 Å². The highest BCUT2D eigenvalue weighted by Gasteiger charge is 2.20. The quantitative estimate of drug-likeness (QED) is 0.799. The van der Waals surface area contributed by atoms with E-state index in [0.29, 0.717) is 6.04 Å². The van der Waals surface area contributed by atoms with Gasteiger partial charge in [0.2, 0.25) is 0 Å². The van der Waals surface area contributed by atoms with Crippen molar-refractivity contribution >= 4 is 0 Å². The van der Waals surface area contributed by atoms with Gasteiger partial charge in [0.25, 0.3) is 0 Å². The molecule has 1 aromatic carbocycles. The van der Waals surface area contributed by atoms with E-state index < -0.39 is 0 Å². The van der Waals surface area contributed by atoms with E-state index in [2.05, 4.69) is 38.7 Å². The number of benzene rings is 1. The van der Waals surface area contributed by atoms with Crippen molar-refractivity contribution in [1.29, 1.82) is 0 Å². The highest BCUT2D eigenvalue weighted by atomic mass is 15.4. The minimum atomic E-state index is 0.422. The molecule has 0 radical (unpaired) electrons. The Morgan fingerprint density at radius 3 is 2.91 bits per heavy atom. The molecular weight excluding hydrogens is 288 g/mol. The molecular formula is C17H20N6. The average molecular weight is 308 g/mol. The van der Waals surface area contributed by atoms with Gasteiger partial charge >= 0.3 is 0 Å². The maximum Gasteiger partial charge on any atom is 0.147 e. The summed E-state index contributed by atoms with van der Waals surface area (Å²) in [5.74, 6) is 1.97. The van der Waals surface area contributed by atoms with Crippen molar-refractivity contribution in [3.05, 3.63) is 59.9 Å². The molecule has 0 bridgehead atoms. The summed E-state index contributed by atoms with van der Waals surface area (Å²) >= 11 is 0. The second-order valence-electron chi connectivity index (χ2n) is 5.96. The van der Waals surface area contributed by atoms with Crippen LogP contribution in [-0.2, 0) is 19.5 Å². The van der Waals surface area contributed by atoms with Crippen molar-refractivity contribution < 1.29 is 0 Å². The summed E-state index contributed by atoms with van der Waals surface area (Å²) in [7, 11) is 0. The lowest BCUT2D eigenvalue weighted by Crippen LogP contribution is -2.37. The Bertz CT molecular complexity index is 789. The highest BCUT2D eigenvalue weighted by Crippen LogP contribution is 2.13. The lowest BCUT2D eigenvalue weighted by molar-refractivity contribution is 0.356. The number of aromatic nitrogens is 5. The van der Waals surface area contributed by atoms with E-state index in [1.165, 1.54) is 0 Å². The second kappa shape index (κ2) is 5.96. The fraction of sp³-hybridized carbons (Fsp3) is 0.353. The van der Waals surface area contributed by atoms with Crippen molar-refractivity contribution in [2.24, 2.45) is 0 Å².